The van der Waals surface area contributed by atoms with Crippen LogP contribution < -0.4 is 0 Å². The van der Waals surface area contributed by atoms with E-state index in [4.69, 9.17) is 0 Å². The first-order valence-corrected chi connectivity index (χ1v) is 8.93. The molecule has 8 heteroatoms. The largest absolute Gasteiger partial charge is 0.336 e. The van der Waals surface area contributed by atoms with Crippen LogP contribution >= 0.6 is 0 Å². The Labute approximate surface area is 125 Å². The first-order valence-electron chi connectivity index (χ1n) is 7.08. The molecule has 0 atom stereocenters. The lowest BCUT2D eigenvalue weighted by molar-refractivity contribution is 0.0758. The van der Waals surface area contributed by atoms with Crippen LogP contribution in [0, 0.1) is 0 Å². The molecule has 2 rings (SSSR count). The molecule has 21 heavy (non-hydrogen) atoms. The summed E-state index contributed by atoms with van der Waals surface area (Å²) in [6.45, 7) is 5.80. The molecule has 1 fully saturated rings. The second-order valence-corrected chi connectivity index (χ2v) is 7.65. The molecule has 7 nitrogen and oxygen atoms in total. The van der Waals surface area contributed by atoms with Crippen LogP contribution in [-0.2, 0) is 10.0 Å². The third-order valence-electron chi connectivity index (χ3n) is 3.65. The van der Waals surface area contributed by atoms with E-state index in [0.29, 0.717) is 38.3 Å². The monoisotopic (exact) mass is 314 g/mol. The van der Waals surface area contributed by atoms with Crippen molar-refractivity contribution in [3.8, 4) is 0 Å². The average molecular weight is 314 g/mol. The van der Waals surface area contributed by atoms with Gasteiger partial charge in [0.1, 0.15) is 5.69 Å². The molecule has 0 radical (unpaired) electrons. The van der Waals surface area contributed by atoms with Gasteiger partial charge in [-0.1, -0.05) is 13.8 Å². The Morgan fingerprint density at radius 3 is 2.57 bits per heavy atom. The first kappa shape index (κ1) is 16.0. The number of aromatic amines is 1. The summed E-state index contributed by atoms with van der Waals surface area (Å²) in [7, 11) is -3.20. The van der Waals surface area contributed by atoms with Crippen LogP contribution in [0.3, 0.4) is 0 Å². The molecule has 2 heterocycles. The van der Waals surface area contributed by atoms with Crippen LogP contribution in [0.1, 0.15) is 42.4 Å². The van der Waals surface area contributed by atoms with Crippen molar-refractivity contribution in [1.29, 1.82) is 0 Å². The molecule has 0 spiro atoms. The number of carbonyl (C=O) groups excluding carboxylic acids is 1. The van der Waals surface area contributed by atoms with E-state index in [1.54, 1.807) is 11.0 Å². The second-order valence-electron chi connectivity index (χ2n) is 5.67. The summed E-state index contributed by atoms with van der Waals surface area (Å²) in [5.74, 6) is 0.136. The molecule has 0 saturated carbocycles. The highest BCUT2D eigenvalue weighted by Crippen LogP contribution is 2.14. The maximum absolute atomic E-state index is 12.4. The fourth-order valence-electron chi connectivity index (χ4n) is 2.33. The second kappa shape index (κ2) is 6.15. The van der Waals surface area contributed by atoms with Crippen molar-refractivity contribution in [3.63, 3.8) is 0 Å². The Hall–Kier alpha value is -1.41. The maximum Gasteiger partial charge on any atom is 0.274 e. The fourth-order valence-corrected chi connectivity index (χ4v) is 3.21. The minimum atomic E-state index is -3.20. The van der Waals surface area contributed by atoms with Gasteiger partial charge in [0.25, 0.3) is 5.91 Å². The number of hydrogen-bond acceptors (Lipinski definition) is 4. The maximum atomic E-state index is 12.4. The minimum absolute atomic E-state index is 0.145. The van der Waals surface area contributed by atoms with E-state index >= 15 is 0 Å². The zero-order valence-corrected chi connectivity index (χ0v) is 13.5. The summed E-state index contributed by atoms with van der Waals surface area (Å²) in [5, 5.41) is 6.93. The molecule has 0 bridgehead atoms. The molecule has 1 aromatic rings. The average Bonchev–Trinajstić information content (AvgIpc) is 2.74. The van der Waals surface area contributed by atoms with Crippen LogP contribution in [0.15, 0.2) is 6.07 Å². The van der Waals surface area contributed by atoms with Crippen LogP contribution in [0.5, 0.6) is 0 Å². The lowest BCUT2D eigenvalue weighted by Gasteiger charge is -2.20. The van der Waals surface area contributed by atoms with Gasteiger partial charge in [-0.05, 0) is 18.4 Å². The molecule has 118 valence electrons. The molecule has 1 aliphatic rings. The molecule has 1 aliphatic heterocycles. The van der Waals surface area contributed by atoms with Crippen LogP contribution in [0.2, 0.25) is 0 Å². The van der Waals surface area contributed by atoms with Crippen molar-refractivity contribution >= 4 is 15.9 Å². The lowest BCUT2D eigenvalue weighted by atomic mass is 10.1. The van der Waals surface area contributed by atoms with E-state index in [9.17, 15) is 13.2 Å². The summed E-state index contributed by atoms with van der Waals surface area (Å²) >= 11 is 0. The quantitative estimate of drug-likeness (QED) is 0.887. The van der Waals surface area contributed by atoms with Crippen molar-refractivity contribution in [2.45, 2.75) is 26.2 Å². The van der Waals surface area contributed by atoms with Gasteiger partial charge in [-0.25, -0.2) is 12.7 Å². The molecular formula is C13H22N4O3S. The highest BCUT2D eigenvalue weighted by molar-refractivity contribution is 7.88. The summed E-state index contributed by atoms with van der Waals surface area (Å²) < 4.78 is 24.6. The van der Waals surface area contributed by atoms with Gasteiger partial charge in [-0.2, -0.15) is 5.10 Å². The van der Waals surface area contributed by atoms with E-state index in [1.165, 1.54) is 10.6 Å². The number of aromatic nitrogens is 2. The smallest absolute Gasteiger partial charge is 0.274 e. The van der Waals surface area contributed by atoms with Gasteiger partial charge in [-0.15, -0.1) is 0 Å². The molecule has 1 saturated heterocycles. The van der Waals surface area contributed by atoms with Crippen molar-refractivity contribution in [3.05, 3.63) is 17.5 Å². The number of hydrogen-bond donors (Lipinski definition) is 1. The molecule has 0 aromatic carbocycles. The Kier molecular flexibility index (Phi) is 4.67. The van der Waals surface area contributed by atoms with Crippen molar-refractivity contribution in [2.75, 3.05) is 32.4 Å². The van der Waals surface area contributed by atoms with Crippen LogP contribution in [0.4, 0.5) is 0 Å². The highest BCUT2D eigenvalue weighted by Gasteiger charge is 2.25. The van der Waals surface area contributed by atoms with Gasteiger partial charge in [0.2, 0.25) is 10.0 Å². The number of nitrogens with one attached hydrogen (secondary N) is 1. The number of sulfonamides is 1. The Morgan fingerprint density at radius 1 is 1.29 bits per heavy atom. The van der Waals surface area contributed by atoms with Gasteiger partial charge in [0.15, 0.2) is 0 Å². The number of nitrogens with zero attached hydrogens (tertiary/aromatic N) is 3. The number of H-pyrrole nitrogens is 1. The van der Waals surface area contributed by atoms with Gasteiger partial charge in [0, 0.05) is 31.9 Å². The normalized spacial score (nSPS) is 18.0. The summed E-state index contributed by atoms with van der Waals surface area (Å²) in [6, 6.07) is 1.77. The van der Waals surface area contributed by atoms with Gasteiger partial charge >= 0.3 is 0 Å². The van der Waals surface area contributed by atoms with Crippen molar-refractivity contribution in [2.24, 2.45) is 0 Å². The molecule has 0 aliphatic carbocycles. The fraction of sp³-hybridized carbons (Fsp3) is 0.692. The SMILES string of the molecule is CC(C)c1cc(C(=O)N2CCCN(S(C)(=O)=O)CC2)n[nH]1. The summed E-state index contributed by atoms with van der Waals surface area (Å²) in [6.07, 6.45) is 1.84. The topological polar surface area (TPSA) is 86.4 Å². The van der Waals surface area contributed by atoms with E-state index in [1.807, 2.05) is 13.8 Å². The van der Waals surface area contributed by atoms with E-state index in [0.717, 1.165) is 5.69 Å². The number of carbonyl (C=O) groups is 1. The molecular weight excluding hydrogens is 292 g/mol. The summed E-state index contributed by atoms with van der Waals surface area (Å²) in [5.41, 5.74) is 1.32. The van der Waals surface area contributed by atoms with E-state index in [-0.39, 0.29) is 11.8 Å². The minimum Gasteiger partial charge on any atom is -0.336 e. The van der Waals surface area contributed by atoms with E-state index < -0.39 is 10.0 Å². The zero-order chi connectivity index (χ0) is 15.6. The zero-order valence-electron chi connectivity index (χ0n) is 12.7. The molecule has 0 unspecified atom stereocenters. The standard InChI is InChI=1S/C13H22N4O3S/c1-10(2)11-9-12(15-14-11)13(18)16-5-4-6-17(8-7-16)21(3,19)20/h9-10H,4-8H2,1-3H3,(H,14,15). The first-order chi connectivity index (χ1) is 9.79. The predicted octanol–water partition coefficient (Wildman–Crippen LogP) is 0.641. The van der Waals surface area contributed by atoms with E-state index in [2.05, 4.69) is 10.2 Å². The third-order valence-corrected chi connectivity index (χ3v) is 4.95. The third kappa shape index (κ3) is 3.82. The lowest BCUT2D eigenvalue weighted by Crippen LogP contribution is -2.37. The van der Waals surface area contributed by atoms with Crippen LogP contribution in [0.25, 0.3) is 0 Å². The summed E-state index contributed by atoms with van der Waals surface area (Å²) in [4.78, 5) is 14.1. The predicted molar refractivity (Wildman–Crippen MR) is 79.6 cm³/mol. The van der Waals surface area contributed by atoms with Gasteiger partial charge in [0.05, 0.1) is 6.26 Å². The molecule has 1 N–H and O–H groups in total. The van der Waals surface area contributed by atoms with Gasteiger partial charge < -0.3 is 4.90 Å². The van der Waals surface area contributed by atoms with Crippen LogP contribution in [-0.4, -0.2) is 66.2 Å². The Morgan fingerprint density at radius 2 is 2.00 bits per heavy atom. The highest BCUT2D eigenvalue weighted by atomic mass is 32.2. The Balaban J connectivity index is 2.06. The Bertz CT molecular complexity index is 609. The molecule has 1 amide bonds. The van der Waals surface area contributed by atoms with Crippen molar-refractivity contribution < 1.29 is 13.2 Å². The number of rotatable bonds is 3. The molecule has 1 aromatic heterocycles. The number of amides is 1. The van der Waals surface area contributed by atoms with Crippen molar-refractivity contribution in [1.82, 2.24) is 19.4 Å². The van der Waals surface area contributed by atoms with Gasteiger partial charge in [-0.3, -0.25) is 9.89 Å².